The van der Waals surface area contributed by atoms with Gasteiger partial charge in [0.1, 0.15) is 5.82 Å². The zero-order chi connectivity index (χ0) is 15.5. The lowest BCUT2D eigenvalue weighted by molar-refractivity contribution is 0.112. The Balaban J connectivity index is 2.36. The van der Waals surface area contributed by atoms with Gasteiger partial charge in [0.25, 0.3) is 0 Å². The third-order valence-corrected chi connectivity index (χ3v) is 3.76. The molecular weight excluding hydrogens is 271 g/mol. The Kier molecular flexibility index (Phi) is 4.75. The fourth-order valence-electron chi connectivity index (χ4n) is 2.42. The normalized spacial score (nSPS) is 12.1. The average molecular weight is 292 g/mol. The van der Waals surface area contributed by atoms with Crippen LogP contribution in [0.4, 0.5) is 4.39 Å². The fourth-order valence-corrected chi connectivity index (χ4v) is 2.42. The van der Waals surface area contributed by atoms with Crippen molar-refractivity contribution in [3.8, 4) is 0 Å². The molecule has 0 radical (unpaired) electrons. The lowest BCUT2D eigenvalue weighted by Crippen LogP contribution is -2.38. The quantitative estimate of drug-likeness (QED) is 0.857. The van der Waals surface area contributed by atoms with Gasteiger partial charge >= 0.3 is 0 Å². The predicted octanol–water partition coefficient (Wildman–Crippen LogP) is 2.07. The summed E-state index contributed by atoms with van der Waals surface area (Å²) in [5.41, 5.74) is -0.0363. The molecule has 0 aliphatic heterocycles. The van der Waals surface area contributed by atoms with Gasteiger partial charge in [0.2, 0.25) is 0 Å². The summed E-state index contributed by atoms with van der Waals surface area (Å²) in [6, 6.07) is 8.28. The van der Waals surface area contributed by atoms with Crippen LogP contribution in [-0.2, 0) is 11.8 Å². The molecule has 0 amide bonds. The van der Waals surface area contributed by atoms with E-state index in [1.54, 1.807) is 22.9 Å². The monoisotopic (exact) mass is 292 g/mol. The molecule has 0 saturated carbocycles. The first-order chi connectivity index (χ1) is 10.0. The molecule has 21 heavy (non-hydrogen) atoms. The third kappa shape index (κ3) is 3.14. The van der Waals surface area contributed by atoms with E-state index in [0.29, 0.717) is 5.56 Å². The van der Waals surface area contributed by atoms with Crippen LogP contribution in [0.3, 0.4) is 0 Å². The summed E-state index contributed by atoms with van der Waals surface area (Å²) in [5.74, 6) is -0.427. The highest BCUT2D eigenvalue weighted by Crippen LogP contribution is 2.29. The molecule has 0 bridgehead atoms. The van der Waals surface area contributed by atoms with Crippen LogP contribution >= 0.6 is 0 Å². The summed E-state index contributed by atoms with van der Waals surface area (Å²) in [6.45, 7) is 3.33. The molecule has 2 N–H and O–H groups in total. The Labute approximate surface area is 123 Å². The molecule has 0 atom stereocenters. The molecule has 4 nitrogen and oxygen atoms in total. The molecule has 0 spiro atoms. The second-order valence-electron chi connectivity index (χ2n) is 5.63. The van der Waals surface area contributed by atoms with Crippen molar-refractivity contribution < 1.29 is 14.6 Å². The number of hydrogen-bond donors (Lipinski definition) is 2. The van der Waals surface area contributed by atoms with E-state index in [0.717, 1.165) is 5.69 Å². The van der Waals surface area contributed by atoms with E-state index in [1.165, 1.54) is 6.07 Å². The number of benzene rings is 1. The van der Waals surface area contributed by atoms with Crippen LogP contribution in [0, 0.1) is 5.82 Å². The van der Waals surface area contributed by atoms with Crippen LogP contribution in [0.2, 0.25) is 0 Å². The van der Waals surface area contributed by atoms with Gasteiger partial charge in [-0.25, -0.2) is 4.39 Å². The van der Waals surface area contributed by atoms with Gasteiger partial charge in [-0.2, -0.15) is 5.10 Å². The first-order valence-corrected chi connectivity index (χ1v) is 7.03. The van der Waals surface area contributed by atoms with Crippen molar-refractivity contribution >= 4 is 0 Å². The predicted molar refractivity (Wildman–Crippen MR) is 78.6 cm³/mol. The van der Waals surface area contributed by atoms with Crippen molar-refractivity contribution in [2.45, 2.75) is 31.7 Å². The number of halogens is 1. The van der Waals surface area contributed by atoms with Crippen molar-refractivity contribution in [2.75, 3.05) is 13.2 Å². The summed E-state index contributed by atoms with van der Waals surface area (Å²) < 4.78 is 15.8. The molecule has 0 aliphatic carbocycles. The topological polar surface area (TPSA) is 58.3 Å². The highest BCUT2D eigenvalue weighted by atomic mass is 19.1. The number of aliphatic hydroxyl groups excluding tert-OH is 2. The van der Waals surface area contributed by atoms with Crippen molar-refractivity contribution in [1.82, 2.24) is 9.78 Å². The molecule has 1 heterocycles. The van der Waals surface area contributed by atoms with Crippen LogP contribution in [0.1, 0.15) is 31.1 Å². The summed E-state index contributed by atoms with van der Waals surface area (Å²) in [4.78, 5) is 0. The second kappa shape index (κ2) is 6.37. The summed E-state index contributed by atoms with van der Waals surface area (Å²) in [5, 5.41) is 24.0. The van der Waals surface area contributed by atoms with Gasteiger partial charge in [0.05, 0.1) is 18.9 Å². The van der Waals surface area contributed by atoms with Crippen molar-refractivity contribution in [3.63, 3.8) is 0 Å². The largest absolute Gasteiger partial charge is 0.395 e. The lowest BCUT2D eigenvalue weighted by atomic mass is 9.77. The fraction of sp³-hybridized carbons (Fsp3) is 0.438. The number of aromatic nitrogens is 2. The maximum absolute atomic E-state index is 14.0. The smallest absolute Gasteiger partial charge is 0.127 e. The lowest BCUT2D eigenvalue weighted by Gasteiger charge is -2.30. The minimum Gasteiger partial charge on any atom is -0.395 e. The maximum Gasteiger partial charge on any atom is 0.127 e. The van der Waals surface area contributed by atoms with Gasteiger partial charge < -0.3 is 10.2 Å². The molecule has 1 aromatic heterocycles. The molecule has 5 heteroatoms. The van der Waals surface area contributed by atoms with E-state index in [9.17, 15) is 14.6 Å². The van der Waals surface area contributed by atoms with E-state index < -0.39 is 11.2 Å². The van der Waals surface area contributed by atoms with Gasteiger partial charge in [-0.1, -0.05) is 18.2 Å². The van der Waals surface area contributed by atoms with E-state index in [4.69, 9.17) is 0 Å². The van der Waals surface area contributed by atoms with E-state index >= 15 is 0 Å². The Morgan fingerprint density at radius 1 is 1.19 bits per heavy atom. The van der Waals surface area contributed by atoms with Crippen molar-refractivity contribution in [3.05, 3.63) is 53.6 Å². The third-order valence-electron chi connectivity index (χ3n) is 3.76. The molecule has 0 fully saturated rings. The van der Waals surface area contributed by atoms with E-state index in [-0.39, 0.29) is 25.7 Å². The van der Waals surface area contributed by atoms with Crippen LogP contribution in [0.25, 0.3) is 0 Å². The van der Waals surface area contributed by atoms with E-state index in [1.807, 2.05) is 26.1 Å². The maximum atomic E-state index is 14.0. The minimum absolute atomic E-state index is 0.227. The van der Waals surface area contributed by atoms with Crippen LogP contribution < -0.4 is 0 Å². The zero-order valence-electron chi connectivity index (χ0n) is 12.3. The Morgan fingerprint density at radius 3 is 2.38 bits per heavy atom. The van der Waals surface area contributed by atoms with E-state index in [2.05, 4.69) is 5.10 Å². The molecule has 2 rings (SSSR count). The summed E-state index contributed by atoms with van der Waals surface area (Å²) >= 11 is 0. The number of rotatable bonds is 6. The summed E-state index contributed by atoms with van der Waals surface area (Å²) in [6.07, 6.45) is 2.13. The Hall–Kier alpha value is -1.72. The summed E-state index contributed by atoms with van der Waals surface area (Å²) in [7, 11) is 0. The first-order valence-electron chi connectivity index (χ1n) is 7.03. The number of nitrogens with zero attached hydrogens (tertiary/aromatic N) is 2. The second-order valence-corrected chi connectivity index (χ2v) is 5.63. The van der Waals surface area contributed by atoms with Gasteiger partial charge in [-0.15, -0.1) is 0 Å². The van der Waals surface area contributed by atoms with Gasteiger partial charge in [0, 0.05) is 24.1 Å². The molecule has 0 saturated heterocycles. The van der Waals surface area contributed by atoms with Crippen molar-refractivity contribution in [2.24, 2.45) is 0 Å². The molecule has 2 aromatic rings. The molecule has 1 aromatic carbocycles. The average Bonchev–Trinajstić information content (AvgIpc) is 2.94. The SMILES string of the molecule is CC(C)n1ccc(CC(CO)(CO)c2ccccc2F)n1. The van der Waals surface area contributed by atoms with Gasteiger partial charge in [-0.05, 0) is 31.5 Å². The number of hydrogen-bond acceptors (Lipinski definition) is 3. The Morgan fingerprint density at radius 2 is 1.86 bits per heavy atom. The molecule has 0 unspecified atom stereocenters. The van der Waals surface area contributed by atoms with Crippen LogP contribution in [0.5, 0.6) is 0 Å². The zero-order valence-corrected chi connectivity index (χ0v) is 12.3. The molecule has 114 valence electrons. The highest BCUT2D eigenvalue weighted by Gasteiger charge is 2.34. The Bertz CT molecular complexity index is 591. The standard InChI is InChI=1S/C16H21FN2O2/c1-12(2)19-8-7-13(18-19)9-16(10-20,11-21)14-5-3-4-6-15(14)17/h3-8,12,20-21H,9-11H2,1-2H3. The van der Waals surface area contributed by atoms with Crippen molar-refractivity contribution in [1.29, 1.82) is 0 Å². The first kappa shape index (κ1) is 15.7. The molecule has 0 aliphatic rings. The van der Waals surface area contributed by atoms with Crippen LogP contribution in [0.15, 0.2) is 36.5 Å². The minimum atomic E-state index is -1.07. The van der Waals surface area contributed by atoms with Gasteiger partial charge in [0.15, 0.2) is 0 Å². The molecular formula is C16H21FN2O2. The van der Waals surface area contributed by atoms with Gasteiger partial charge in [-0.3, -0.25) is 4.68 Å². The van der Waals surface area contributed by atoms with Crippen LogP contribution in [-0.4, -0.2) is 33.2 Å². The number of aliphatic hydroxyl groups is 2. The highest BCUT2D eigenvalue weighted by molar-refractivity contribution is 5.29.